The van der Waals surface area contributed by atoms with E-state index in [2.05, 4.69) is 112 Å². The molecule has 44 heavy (non-hydrogen) atoms. The molecule has 0 aliphatic heterocycles. The second-order valence-electron chi connectivity index (χ2n) is 15.8. The zero-order valence-electron chi connectivity index (χ0n) is 31.9. The van der Waals surface area contributed by atoms with Gasteiger partial charge in [0.1, 0.15) is 0 Å². The zero-order chi connectivity index (χ0) is 33.4. The maximum Gasteiger partial charge on any atom is 0.0657 e. The molecule has 5 atom stereocenters. The van der Waals surface area contributed by atoms with Gasteiger partial charge in [0, 0.05) is 14.2 Å². The van der Waals surface area contributed by atoms with Crippen LogP contribution in [0.1, 0.15) is 166 Å². The first-order chi connectivity index (χ1) is 20.7. The normalized spacial score (nSPS) is 17.1. The molecule has 0 rings (SSSR count). The van der Waals surface area contributed by atoms with Gasteiger partial charge in [-0.2, -0.15) is 0 Å². The average molecular weight is 615 g/mol. The highest BCUT2D eigenvalue weighted by atomic mass is 16.5. The van der Waals surface area contributed by atoms with Crippen molar-refractivity contribution < 1.29 is 9.47 Å². The summed E-state index contributed by atoms with van der Waals surface area (Å²) < 4.78 is 11.0. The van der Waals surface area contributed by atoms with E-state index in [0.29, 0.717) is 11.8 Å². The number of hydrogen-bond donors (Lipinski definition) is 0. The van der Waals surface area contributed by atoms with Crippen LogP contribution < -0.4 is 0 Å². The number of rotatable bonds is 27. The smallest absolute Gasteiger partial charge is 0.0657 e. The SMILES string of the molecule is COC(C)(C)C/C=C/C(C)=C/CCC(C)CCCC(C)CCCCC(C)CCCC(C)/C=C/CC(C)/C=C/CC(C)(C)OC. The number of hydrogen-bond acceptors (Lipinski definition) is 2. The van der Waals surface area contributed by atoms with E-state index >= 15 is 0 Å². The molecule has 0 heterocycles. The van der Waals surface area contributed by atoms with Crippen LogP contribution in [0, 0.1) is 29.6 Å². The van der Waals surface area contributed by atoms with Gasteiger partial charge in [0.15, 0.2) is 0 Å². The van der Waals surface area contributed by atoms with Crippen LogP contribution in [0.2, 0.25) is 0 Å². The molecule has 2 heteroatoms. The number of allylic oxidation sites excluding steroid dienone is 6. The van der Waals surface area contributed by atoms with Crippen molar-refractivity contribution in [3.05, 3.63) is 48.1 Å². The van der Waals surface area contributed by atoms with Crippen molar-refractivity contribution in [3.63, 3.8) is 0 Å². The molecule has 0 saturated heterocycles. The largest absolute Gasteiger partial charge is 0.378 e. The summed E-state index contributed by atoms with van der Waals surface area (Å²) in [5.41, 5.74) is 1.24. The van der Waals surface area contributed by atoms with E-state index in [4.69, 9.17) is 9.47 Å². The molecular formula is C42H78O2. The summed E-state index contributed by atoms with van der Waals surface area (Å²) in [5, 5.41) is 0. The highest BCUT2D eigenvalue weighted by Crippen LogP contribution is 2.23. The molecule has 0 aromatic carbocycles. The Morgan fingerprint density at radius 1 is 0.568 bits per heavy atom. The highest BCUT2D eigenvalue weighted by Gasteiger charge is 2.14. The van der Waals surface area contributed by atoms with Crippen LogP contribution in [-0.2, 0) is 9.47 Å². The van der Waals surface area contributed by atoms with E-state index in [0.717, 1.165) is 37.0 Å². The lowest BCUT2D eigenvalue weighted by Crippen LogP contribution is -2.20. The number of ether oxygens (including phenoxy) is 2. The molecule has 258 valence electrons. The summed E-state index contributed by atoms with van der Waals surface area (Å²) in [7, 11) is 3.58. The second-order valence-corrected chi connectivity index (χ2v) is 15.8. The summed E-state index contributed by atoms with van der Waals surface area (Å²) in [5.74, 6) is 3.86. The molecule has 0 fully saturated rings. The van der Waals surface area contributed by atoms with E-state index in [1.165, 1.54) is 82.6 Å². The van der Waals surface area contributed by atoms with Crippen molar-refractivity contribution in [2.24, 2.45) is 29.6 Å². The Kier molecular flexibility index (Phi) is 24.4. The monoisotopic (exact) mass is 615 g/mol. The third kappa shape index (κ3) is 26.1. The van der Waals surface area contributed by atoms with Crippen molar-refractivity contribution in [1.82, 2.24) is 0 Å². The minimum atomic E-state index is -0.0713. The number of unbranched alkanes of at least 4 members (excludes halogenated alkanes) is 1. The van der Waals surface area contributed by atoms with E-state index in [1.54, 1.807) is 14.2 Å². The summed E-state index contributed by atoms with van der Waals surface area (Å²) in [6.07, 6.45) is 35.8. The quantitative estimate of drug-likeness (QED) is 0.0520. The number of methoxy groups -OCH3 is 2. The van der Waals surface area contributed by atoms with Crippen LogP contribution in [0.4, 0.5) is 0 Å². The van der Waals surface area contributed by atoms with Gasteiger partial charge >= 0.3 is 0 Å². The molecule has 0 saturated carbocycles. The molecule has 0 N–H and O–H groups in total. The Morgan fingerprint density at radius 2 is 1.02 bits per heavy atom. The van der Waals surface area contributed by atoms with E-state index in [1.807, 2.05) is 0 Å². The first-order valence-corrected chi connectivity index (χ1v) is 18.5. The minimum absolute atomic E-state index is 0.0615. The van der Waals surface area contributed by atoms with Crippen LogP contribution in [-0.4, -0.2) is 25.4 Å². The van der Waals surface area contributed by atoms with Crippen LogP contribution >= 0.6 is 0 Å². The van der Waals surface area contributed by atoms with Crippen molar-refractivity contribution in [3.8, 4) is 0 Å². The second kappa shape index (κ2) is 25.0. The fraction of sp³-hybridized carbons (Fsp3) is 0.810. The summed E-state index contributed by atoms with van der Waals surface area (Å²) in [4.78, 5) is 0. The van der Waals surface area contributed by atoms with Crippen LogP contribution in [0.5, 0.6) is 0 Å². The van der Waals surface area contributed by atoms with Crippen molar-refractivity contribution >= 4 is 0 Å². The third-order valence-electron chi connectivity index (χ3n) is 9.66. The molecule has 0 amide bonds. The lowest BCUT2D eigenvalue weighted by molar-refractivity contribution is 0.0251. The molecule has 5 unspecified atom stereocenters. The van der Waals surface area contributed by atoms with Crippen molar-refractivity contribution in [2.45, 2.75) is 177 Å². The molecule has 2 nitrogen and oxygen atoms in total. The van der Waals surface area contributed by atoms with E-state index < -0.39 is 0 Å². The Labute approximate surface area is 277 Å². The van der Waals surface area contributed by atoms with Gasteiger partial charge in [-0.3, -0.25) is 0 Å². The molecule has 0 aromatic rings. The molecule has 0 aliphatic carbocycles. The van der Waals surface area contributed by atoms with E-state index in [-0.39, 0.29) is 11.2 Å². The first kappa shape index (κ1) is 42.9. The lowest BCUT2D eigenvalue weighted by Gasteiger charge is -2.20. The van der Waals surface area contributed by atoms with Crippen LogP contribution in [0.15, 0.2) is 48.1 Å². The Balaban J connectivity index is 3.90. The van der Waals surface area contributed by atoms with Crippen LogP contribution in [0.25, 0.3) is 0 Å². The molecule has 0 bridgehead atoms. The van der Waals surface area contributed by atoms with Gasteiger partial charge in [-0.05, 0) is 103 Å². The Morgan fingerprint density at radius 3 is 1.57 bits per heavy atom. The Hall–Kier alpha value is -1.12. The van der Waals surface area contributed by atoms with Crippen molar-refractivity contribution in [1.29, 1.82) is 0 Å². The standard InChI is InChI=1S/C42H78O2/c1-35(23-15-25-37(3)27-17-29-39(5)31-19-33-41(7,8)43-11)21-13-14-22-36(2)24-16-26-38(4)28-18-30-40(6)32-20-34-42(9,10)44-12/h17,19-20,27,30-32,35-39H,13-16,18,21-26,28-29,33-34H2,1-12H3/b27-17+,31-19+,32-20+,40-30+. The van der Waals surface area contributed by atoms with Gasteiger partial charge in [0.2, 0.25) is 0 Å². The minimum Gasteiger partial charge on any atom is -0.378 e. The average Bonchev–Trinajstić information content (AvgIpc) is 2.95. The maximum absolute atomic E-state index is 5.50. The van der Waals surface area contributed by atoms with Gasteiger partial charge in [-0.1, -0.05) is 141 Å². The fourth-order valence-corrected chi connectivity index (χ4v) is 5.67. The zero-order valence-corrected chi connectivity index (χ0v) is 31.9. The van der Waals surface area contributed by atoms with E-state index in [9.17, 15) is 0 Å². The molecule has 0 spiro atoms. The topological polar surface area (TPSA) is 18.5 Å². The summed E-state index contributed by atoms with van der Waals surface area (Å²) in [6, 6.07) is 0. The lowest BCUT2D eigenvalue weighted by atomic mass is 9.91. The highest BCUT2D eigenvalue weighted by molar-refractivity contribution is 5.16. The molecule has 0 radical (unpaired) electrons. The van der Waals surface area contributed by atoms with Crippen LogP contribution in [0.3, 0.4) is 0 Å². The molecule has 0 aliphatic rings. The Bertz CT molecular complexity index is 799. The molecule has 0 aromatic heterocycles. The summed E-state index contributed by atoms with van der Waals surface area (Å²) >= 11 is 0. The predicted molar refractivity (Wildman–Crippen MR) is 198 cm³/mol. The van der Waals surface area contributed by atoms with Gasteiger partial charge < -0.3 is 9.47 Å². The summed E-state index contributed by atoms with van der Waals surface area (Å²) in [6.45, 7) is 22.9. The van der Waals surface area contributed by atoms with Crippen molar-refractivity contribution in [2.75, 3.05) is 14.2 Å². The maximum atomic E-state index is 5.50. The van der Waals surface area contributed by atoms with Gasteiger partial charge in [0.25, 0.3) is 0 Å². The van der Waals surface area contributed by atoms with Gasteiger partial charge in [0.05, 0.1) is 11.2 Å². The predicted octanol–water partition coefficient (Wildman–Crippen LogP) is 13.5. The first-order valence-electron chi connectivity index (χ1n) is 18.5. The third-order valence-corrected chi connectivity index (χ3v) is 9.66. The van der Waals surface area contributed by atoms with Gasteiger partial charge in [-0.15, -0.1) is 0 Å². The molecular weight excluding hydrogens is 536 g/mol. The fourth-order valence-electron chi connectivity index (χ4n) is 5.67. The van der Waals surface area contributed by atoms with Gasteiger partial charge in [-0.25, -0.2) is 0 Å².